The van der Waals surface area contributed by atoms with Crippen LogP contribution in [0.3, 0.4) is 0 Å². The second-order valence-electron chi connectivity index (χ2n) is 3.16. The zero-order chi connectivity index (χ0) is 10.0. The maximum absolute atomic E-state index is 9.33. The number of nitrogens with one attached hydrogen (secondary N) is 1. The molecule has 0 radical (unpaired) electrons. The third-order valence-electron chi connectivity index (χ3n) is 1.54. The highest BCUT2D eigenvalue weighted by molar-refractivity contribution is 5.63. The fraction of sp³-hybridized carbons (Fsp3) is 0.333. The van der Waals surface area contributed by atoms with Gasteiger partial charge in [0.2, 0.25) is 0 Å². The van der Waals surface area contributed by atoms with Crippen molar-refractivity contribution in [2.45, 2.75) is 19.9 Å². The molecule has 0 saturated carbocycles. The molecular formula is C9H13NO3. The molecule has 0 saturated heterocycles. The van der Waals surface area contributed by atoms with E-state index in [0.29, 0.717) is 5.69 Å². The van der Waals surface area contributed by atoms with Crippen LogP contribution in [0.15, 0.2) is 12.1 Å². The van der Waals surface area contributed by atoms with E-state index in [-0.39, 0.29) is 23.3 Å². The van der Waals surface area contributed by atoms with Crippen molar-refractivity contribution in [2.75, 3.05) is 5.32 Å². The van der Waals surface area contributed by atoms with Crippen LogP contribution < -0.4 is 5.32 Å². The van der Waals surface area contributed by atoms with Crippen molar-refractivity contribution in [2.24, 2.45) is 0 Å². The zero-order valence-electron chi connectivity index (χ0n) is 7.57. The number of anilines is 1. The lowest BCUT2D eigenvalue weighted by Gasteiger charge is -2.12. The van der Waals surface area contributed by atoms with E-state index in [1.54, 1.807) is 0 Å². The Morgan fingerprint density at radius 2 is 1.54 bits per heavy atom. The van der Waals surface area contributed by atoms with Crippen LogP contribution in [0.4, 0.5) is 5.69 Å². The van der Waals surface area contributed by atoms with Crippen molar-refractivity contribution in [3.63, 3.8) is 0 Å². The minimum Gasteiger partial charge on any atom is -0.506 e. The van der Waals surface area contributed by atoms with Crippen LogP contribution in [-0.4, -0.2) is 21.4 Å². The molecule has 13 heavy (non-hydrogen) atoms. The number of benzene rings is 1. The number of aromatic hydroxyl groups is 3. The van der Waals surface area contributed by atoms with Gasteiger partial charge in [-0.2, -0.15) is 0 Å². The first-order valence-electron chi connectivity index (χ1n) is 4.02. The molecule has 72 valence electrons. The van der Waals surface area contributed by atoms with Gasteiger partial charge in [-0.1, -0.05) is 0 Å². The van der Waals surface area contributed by atoms with Gasteiger partial charge in [-0.05, 0) is 13.8 Å². The van der Waals surface area contributed by atoms with Gasteiger partial charge in [0.25, 0.3) is 0 Å². The fourth-order valence-corrected chi connectivity index (χ4v) is 0.992. The van der Waals surface area contributed by atoms with E-state index in [1.807, 2.05) is 13.8 Å². The lowest BCUT2D eigenvalue weighted by atomic mass is 10.2. The molecule has 4 N–H and O–H groups in total. The Morgan fingerprint density at radius 3 is 2.08 bits per heavy atom. The van der Waals surface area contributed by atoms with Gasteiger partial charge in [-0.3, -0.25) is 0 Å². The van der Waals surface area contributed by atoms with E-state index in [0.717, 1.165) is 6.07 Å². The van der Waals surface area contributed by atoms with E-state index in [4.69, 9.17) is 10.2 Å². The van der Waals surface area contributed by atoms with Crippen molar-refractivity contribution < 1.29 is 15.3 Å². The van der Waals surface area contributed by atoms with Crippen LogP contribution >= 0.6 is 0 Å². The first kappa shape index (κ1) is 9.51. The van der Waals surface area contributed by atoms with Crippen LogP contribution in [0.25, 0.3) is 0 Å². The van der Waals surface area contributed by atoms with Crippen LogP contribution in [0.2, 0.25) is 0 Å². The van der Waals surface area contributed by atoms with Crippen molar-refractivity contribution >= 4 is 5.69 Å². The average Bonchev–Trinajstić information content (AvgIpc) is 1.99. The Balaban J connectivity index is 3.01. The monoisotopic (exact) mass is 183 g/mol. The summed E-state index contributed by atoms with van der Waals surface area (Å²) in [7, 11) is 0. The summed E-state index contributed by atoms with van der Waals surface area (Å²) in [4.78, 5) is 0. The molecule has 0 spiro atoms. The summed E-state index contributed by atoms with van der Waals surface area (Å²) < 4.78 is 0. The average molecular weight is 183 g/mol. The normalized spacial score (nSPS) is 10.4. The predicted octanol–water partition coefficient (Wildman–Crippen LogP) is 1.62. The van der Waals surface area contributed by atoms with Gasteiger partial charge in [0.1, 0.15) is 5.75 Å². The summed E-state index contributed by atoms with van der Waals surface area (Å²) in [6, 6.07) is 2.53. The molecular weight excluding hydrogens is 170 g/mol. The van der Waals surface area contributed by atoms with Gasteiger partial charge < -0.3 is 20.6 Å². The Bertz CT molecular complexity index is 310. The molecule has 4 heteroatoms. The highest BCUT2D eigenvalue weighted by Gasteiger charge is 2.07. The smallest absolute Gasteiger partial charge is 0.161 e. The van der Waals surface area contributed by atoms with Crippen molar-refractivity contribution in [3.05, 3.63) is 12.1 Å². The molecule has 0 aliphatic rings. The molecule has 1 aromatic carbocycles. The van der Waals surface area contributed by atoms with Crippen LogP contribution in [0.5, 0.6) is 17.2 Å². The molecule has 0 aliphatic heterocycles. The van der Waals surface area contributed by atoms with E-state index >= 15 is 0 Å². The second kappa shape index (κ2) is 3.43. The number of phenols is 3. The molecule has 0 fully saturated rings. The first-order valence-corrected chi connectivity index (χ1v) is 4.02. The molecule has 0 heterocycles. The molecule has 1 rings (SSSR count). The highest BCUT2D eigenvalue weighted by Crippen LogP contribution is 2.35. The number of phenolic OH excluding ortho intramolecular Hbond substituents is 3. The van der Waals surface area contributed by atoms with Gasteiger partial charge in [0.05, 0.1) is 5.69 Å². The third-order valence-corrected chi connectivity index (χ3v) is 1.54. The molecule has 0 unspecified atom stereocenters. The number of hydrogen-bond acceptors (Lipinski definition) is 4. The largest absolute Gasteiger partial charge is 0.506 e. The van der Waals surface area contributed by atoms with Crippen LogP contribution in [-0.2, 0) is 0 Å². The summed E-state index contributed by atoms with van der Waals surface area (Å²) in [5.41, 5.74) is 0.408. The summed E-state index contributed by atoms with van der Waals surface area (Å²) in [6.07, 6.45) is 0. The van der Waals surface area contributed by atoms with Crippen molar-refractivity contribution in [1.29, 1.82) is 0 Å². The van der Waals surface area contributed by atoms with Crippen LogP contribution in [0, 0.1) is 0 Å². The van der Waals surface area contributed by atoms with Gasteiger partial charge in [0, 0.05) is 18.2 Å². The summed E-state index contributed by atoms with van der Waals surface area (Å²) >= 11 is 0. The van der Waals surface area contributed by atoms with Crippen molar-refractivity contribution in [1.82, 2.24) is 0 Å². The third kappa shape index (κ3) is 2.18. The lowest BCUT2D eigenvalue weighted by molar-refractivity contribution is 0.397. The molecule has 0 aliphatic carbocycles. The zero-order valence-corrected chi connectivity index (χ0v) is 7.57. The standard InChI is InChI=1S/C9H13NO3/c1-5(2)10-6-3-8(12)9(13)4-7(6)11/h3-5,10-13H,1-2H3. The van der Waals surface area contributed by atoms with Crippen LogP contribution in [0.1, 0.15) is 13.8 Å². The summed E-state index contributed by atoms with van der Waals surface area (Å²) in [6.45, 7) is 3.81. The minimum atomic E-state index is -0.327. The number of hydrogen-bond donors (Lipinski definition) is 4. The van der Waals surface area contributed by atoms with E-state index in [2.05, 4.69) is 5.32 Å². The molecule has 0 amide bonds. The Labute approximate surface area is 76.5 Å². The second-order valence-corrected chi connectivity index (χ2v) is 3.16. The van der Waals surface area contributed by atoms with E-state index in [1.165, 1.54) is 6.07 Å². The maximum atomic E-state index is 9.33. The fourth-order valence-electron chi connectivity index (χ4n) is 0.992. The SMILES string of the molecule is CC(C)Nc1cc(O)c(O)cc1O. The highest BCUT2D eigenvalue weighted by atomic mass is 16.3. The Morgan fingerprint density at radius 1 is 1.00 bits per heavy atom. The lowest BCUT2D eigenvalue weighted by Crippen LogP contribution is -2.09. The first-order chi connectivity index (χ1) is 6.00. The topological polar surface area (TPSA) is 72.7 Å². The summed E-state index contributed by atoms with van der Waals surface area (Å²) in [5.74, 6) is -0.656. The summed E-state index contributed by atoms with van der Waals surface area (Å²) in [5, 5.41) is 30.4. The van der Waals surface area contributed by atoms with E-state index < -0.39 is 0 Å². The predicted molar refractivity (Wildman–Crippen MR) is 50.2 cm³/mol. The molecule has 4 nitrogen and oxygen atoms in total. The minimum absolute atomic E-state index is 0.0796. The van der Waals surface area contributed by atoms with Gasteiger partial charge in [0.15, 0.2) is 11.5 Å². The molecule has 1 aromatic rings. The van der Waals surface area contributed by atoms with Gasteiger partial charge in [-0.25, -0.2) is 0 Å². The van der Waals surface area contributed by atoms with Gasteiger partial charge in [-0.15, -0.1) is 0 Å². The maximum Gasteiger partial charge on any atom is 0.161 e. The quantitative estimate of drug-likeness (QED) is 0.415. The number of rotatable bonds is 2. The molecule has 0 atom stereocenters. The Hall–Kier alpha value is -1.58. The van der Waals surface area contributed by atoms with Gasteiger partial charge >= 0.3 is 0 Å². The molecule has 0 bridgehead atoms. The molecule has 0 aromatic heterocycles. The Kier molecular flexibility index (Phi) is 2.51. The van der Waals surface area contributed by atoms with E-state index in [9.17, 15) is 5.11 Å². The van der Waals surface area contributed by atoms with Crippen molar-refractivity contribution in [3.8, 4) is 17.2 Å².